The van der Waals surface area contributed by atoms with Crippen LogP contribution in [0, 0.1) is 0 Å². The molecule has 0 bridgehead atoms. The molecule has 132 valence electrons. The number of hydrogen-bond donors (Lipinski definition) is 3. The highest BCUT2D eigenvalue weighted by atomic mass is 16.5. The quantitative estimate of drug-likeness (QED) is 0.695. The number of nitrogens with two attached hydrogens (primary N) is 2. The van der Waals surface area contributed by atoms with E-state index < -0.39 is 11.9 Å². The molecule has 5 N–H and O–H groups in total. The van der Waals surface area contributed by atoms with Crippen LogP contribution in [0.5, 0.6) is 0 Å². The third-order valence-electron chi connectivity index (χ3n) is 4.01. The predicted octanol–water partition coefficient (Wildman–Crippen LogP) is 0.404. The Hall–Kier alpha value is -2.87. The summed E-state index contributed by atoms with van der Waals surface area (Å²) in [6, 6.07) is 10.9. The minimum Gasteiger partial charge on any atom is -0.378 e. The van der Waals surface area contributed by atoms with Gasteiger partial charge in [-0.2, -0.15) is 9.97 Å². The molecular formula is C17H22N6O2. The van der Waals surface area contributed by atoms with Crippen LogP contribution >= 0.6 is 0 Å². The van der Waals surface area contributed by atoms with Gasteiger partial charge in [-0.3, -0.25) is 4.79 Å². The maximum atomic E-state index is 11.8. The van der Waals surface area contributed by atoms with Crippen LogP contribution in [0.2, 0.25) is 0 Å². The summed E-state index contributed by atoms with van der Waals surface area (Å²) in [6.07, 6.45) is 0.465. The number of benzene rings is 1. The third kappa shape index (κ3) is 4.57. The lowest BCUT2D eigenvalue weighted by Crippen LogP contribution is -2.38. The van der Waals surface area contributed by atoms with Crippen LogP contribution in [0.1, 0.15) is 5.56 Å². The van der Waals surface area contributed by atoms with Crippen LogP contribution in [-0.4, -0.2) is 48.2 Å². The van der Waals surface area contributed by atoms with Gasteiger partial charge in [0, 0.05) is 25.6 Å². The Morgan fingerprint density at radius 1 is 1.24 bits per heavy atom. The Kier molecular flexibility index (Phi) is 5.30. The van der Waals surface area contributed by atoms with E-state index in [0.717, 1.165) is 18.7 Å². The number of nitrogens with one attached hydrogen (secondary N) is 1. The molecule has 2 aromatic rings. The second-order valence-corrected chi connectivity index (χ2v) is 5.86. The fraction of sp³-hybridized carbons (Fsp3) is 0.353. The van der Waals surface area contributed by atoms with Crippen molar-refractivity contribution in [3.05, 3.63) is 42.0 Å². The lowest BCUT2D eigenvalue weighted by Gasteiger charge is -2.28. The van der Waals surface area contributed by atoms with Gasteiger partial charge in [-0.1, -0.05) is 30.3 Å². The van der Waals surface area contributed by atoms with E-state index in [1.807, 2.05) is 30.3 Å². The smallest absolute Gasteiger partial charge is 0.240 e. The van der Waals surface area contributed by atoms with Crippen molar-refractivity contribution in [2.75, 3.05) is 42.3 Å². The van der Waals surface area contributed by atoms with Crippen LogP contribution < -0.4 is 21.7 Å². The van der Waals surface area contributed by atoms with E-state index in [9.17, 15) is 4.79 Å². The van der Waals surface area contributed by atoms with Crippen molar-refractivity contribution in [1.82, 2.24) is 9.97 Å². The van der Waals surface area contributed by atoms with Gasteiger partial charge in [0.1, 0.15) is 17.7 Å². The molecule has 0 radical (unpaired) electrons. The van der Waals surface area contributed by atoms with Gasteiger partial charge in [-0.15, -0.1) is 0 Å². The summed E-state index contributed by atoms with van der Waals surface area (Å²) in [5.41, 5.74) is 12.4. The van der Waals surface area contributed by atoms with E-state index in [-0.39, 0.29) is 5.95 Å². The van der Waals surface area contributed by atoms with Crippen molar-refractivity contribution in [2.24, 2.45) is 5.73 Å². The van der Waals surface area contributed by atoms with Crippen LogP contribution in [0.25, 0.3) is 0 Å². The zero-order chi connectivity index (χ0) is 17.6. The molecule has 1 aromatic heterocycles. The fourth-order valence-corrected chi connectivity index (χ4v) is 2.73. The van der Waals surface area contributed by atoms with E-state index in [2.05, 4.69) is 20.2 Å². The number of anilines is 3. The van der Waals surface area contributed by atoms with Gasteiger partial charge in [0.15, 0.2) is 0 Å². The van der Waals surface area contributed by atoms with E-state index >= 15 is 0 Å². The number of carbonyl (C=O) groups is 1. The molecule has 0 spiro atoms. The molecule has 1 aliphatic heterocycles. The molecule has 3 rings (SSSR count). The highest BCUT2D eigenvalue weighted by Gasteiger charge is 2.19. The highest BCUT2D eigenvalue weighted by Crippen LogP contribution is 2.19. The van der Waals surface area contributed by atoms with Crippen molar-refractivity contribution in [3.8, 4) is 0 Å². The van der Waals surface area contributed by atoms with Crippen LogP contribution in [0.15, 0.2) is 36.4 Å². The minimum atomic E-state index is -0.589. The number of rotatable bonds is 6. The number of morpholine rings is 1. The first-order chi connectivity index (χ1) is 12.1. The van der Waals surface area contributed by atoms with Crippen molar-refractivity contribution >= 4 is 23.5 Å². The fourth-order valence-electron chi connectivity index (χ4n) is 2.73. The summed E-state index contributed by atoms with van der Waals surface area (Å²) in [4.78, 5) is 22.4. The number of hydrogen-bond acceptors (Lipinski definition) is 7. The molecule has 1 atom stereocenters. The van der Waals surface area contributed by atoms with Crippen molar-refractivity contribution in [1.29, 1.82) is 0 Å². The maximum absolute atomic E-state index is 11.8. The summed E-state index contributed by atoms with van der Waals surface area (Å²) in [5.74, 6) is 0.887. The molecule has 1 fully saturated rings. The Balaban J connectivity index is 1.77. The number of ether oxygens (including phenoxy) is 1. The lowest BCUT2D eigenvalue weighted by molar-refractivity contribution is -0.118. The molecule has 0 saturated carbocycles. The van der Waals surface area contributed by atoms with Crippen LogP contribution in [0.4, 0.5) is 17.6 Å². The second-order valence-electron chi connectivity index (χ2n) is 5.86. The first kappa shape index (κ1) is 17.0. The Morgan fingerprint density at radius 3 is 2.64 bits per heavy atom. The van der Waals surface area contributed by atoms with E-state index in [1.54, 1.807) is 6.07 Å². The molecule has 0 aliphatic carbocycles. The van der Waals surface area contributed by atoms with E-state index in [0.29, 0.717) is 31.3 Å². The van der Waals surface area contributed by atoms with Gasteiger partial charge in [-0.05, 0) is 5.56 Å². The zero-order valence-corrected chi connectivity index (χ0v) is 13.9. The minimum absolute atomic E-state index is 0.148. The number of nitrogen functional groups attached to an aromatic ring is 1. The summed E-state index contributed by atoms with van der Waals surface area (Å²) in [5, 5.41) is 3.08. The van der Waals surface area contributed by atoms with Crippen molar-refractivity contribution in [2.45, 2.75) is 12.5 Å². The highest BCUT2D eigenvalue weighted by molar-refractivity contribution is 5.83. The zero-order valence-electron chi connectivity index (χ0n) is 13.9. The number of aromatic nitrogens is 2. The van der Waals surface area contributed by atoms with Gasteiger partial charge in [0.05, 0.1) is 13.2 Å². The number of carbonyl (C=O) groups excluding carboxylic acids is 1. The maximum Gasteiger partial charge on any atom is 0.240 e. The summed E-state index contributed by atoms with van der Waals surface area (Å²) >= 11 is 0. The standard InChI is InChI=1S/C17H22N6O2/c18-16(24)13(10-12-4-2-1-3-5-12)20-14-11-15(22-17(19)21-14)23-6-8-25-9-7-23/h1-5,11,13H,6-10H2,(H2,18,24)(H3,19,20,21,22)/t13-/m0/s1. The third-order valence-corrected chi connectivity index (χ3v) is 4.01. The molecule has 8 nitrogen and oxygen atoms in total. The van der Waals surface area contributed by atoms with Gasteiger partial charge in [-0.25, -0.2) is 0 Å². The monoisotopic (exact) mass is 342 g/mol. The SMILES string of the molecule is NC(=O)[C@H](Cc1ccccc1)Nc1cc(N2CCOCC2)nc(N)n1. The Labute approximate surface area is 146 Å². The largest absolute Gasteiger partial charge is 0.378 e. The van der Waals surface area contributed by atoms with E-state index in [4.69, 9.17) is 16.2 Å². The molecule has 8 heteroatoms. The molecular weight excluding hydrogens is 320 g/mol. The Morgan fingerprint density at radius 2 is 1.96 bits per heavy atom. The molecule has 1 saturated heterocycles. The number of primary amides is 1. The average molecular weight is 342 g/mol. The molecule has 1 amide bonds. The molecule has 25 heavy (non-hydrogen) atoms. The number of nitrogens with zero attached hydrogens (tertiary/aromatic N) is 3. The van der Waals surface area contributed by atoms with Gasteiger partial charge < -0.3 is 26.4 Å². The lowest BCUT2D eigenvalue weighted by atomic mass is 10.1. The normalized spacial score (nSPS) is 15.6. The topological polar surface area (TPSA) is 119 Å². The first-order valence-electron chi connectivity index (χ1n) is 8.19. The summed E-state index contributed by atoms with van der Waals surface area (Å²) in [7, 11) is 0. The molecule has 2 heterocycles. The first-order valence-corrected chi connectivity index (χ1v) is 8.19. The van der Waals surface area contributed by atoms with Crippen LogP contribution in [0.3, 0.4) is 0 Å². The molecule has 1 aliphatic rings. The summed E-state index contributed by atoms with van der Waals surface area (Å²) in [6.45, 7) is 2.76. The van der Waals surface area contributed by atoms with E-state index in [1.165, 1.54) is 0 Å². The number of amides is 1. The average Bonchev–Trinajstić information content (AvgIpc) is 2.62. The summed E-state index contributed by atoms with van der Waals surface area (Å²) < 4.78 is 5.35. The van der Waals surface area contributed by atoms with Crippen molar-refractivity contribution in [3.63, 3.8) is 0 Å². The Bertz CT molecular complexity index is 718. The van der Waals surface area contributed by atoms with Gasteiger partial charge >= 0.3 is 0 Å². The second kappa shape index (κ2) is 7.80. The van der Waals surface area contributed by atoms with Gasteiger partial charge in [0.2, 0.25) is 11.9 Å². The van der Waals surface area contributed by atoms with Crippen LogP contribution in [-0.2, 0) is 16.0 Å². The van der Waals surface area contributed by atoms with Crippen molar-refractivity contribution < 1.29 is 9.53 Å². The van der Waals surface area contributed by atoms with Gasteiger partial charge in [0.25, 0.3) is 0 Å². The molecule has 1 aromatic carbocycles. The predicted molar refractivity (Wildman–Crippen MR) is 96.2 cm³/mol. The molecule has 0 unspecified atom stereocenters.